The molecule has 0 spiro atoms. The fourth-order valence-electron chi connectivity index (χ4n) is 2.94. The summed E-state index contributed by atoms with van der Waals surface area (Å²) in [6.45, 7) is 2.24. The zero-order chi connectivity index (χ0) is 13.9. The summed E-state index contributed by atoms with van der Waals surface area (Å²) in [5.41, 5.74) is 1.95. The van der Waals surface area contributed by atoms with Gasteiger partial charge in [0, 0.05) is 28.8 Å². The minimum atomic E-state index is 0.610. The molecule has 0 amide bonds. The summed E-state index contributed by atoms with van der Waals surface area (Å²) >= 11 is 3.51. The van der Waals surface area contributed by atoms with E-state index < -0.39 is 0 Å². The van der Waals surface area contributed by atoms with E-state index in [-0.39, 0.29) is 0 Å². The Morgan fingerprint density at radius 3 is 2.75 bits per heavy atom. The molecule has 3 rings (SSSR count). The lowest BCUT2D eigenvalue weighted by Crippen LogP contribution is -2.44. The molecule has 2 fully saturated rings. The number of benzene rings is 1. The first-order valence-electron chi connectivity index (χ1n) is 7.47. The van der Waals surface area contributed by atoms with E-state index in [1.165, 1.54) is 37.8 Å². The Hall–Kier alpha value is -1.05. The molecule has 3 nitrogen and oxygen atoms in total. The smallest absolute Gasteiger partial charge is 0.100 e. The summed E-state index contributed by atoms with van der Waals surface area (Å²) in [5, 5.41) is 12.7. The van der Waals surface area contributed by atoms with Crippen LogP contribution in [-0.2, 0) is 0 Å². The molecule has 1 atom stereocenters. The maximum absolute atomic E-state index is 9.03. The van der Waals surface area contributed by atoms with Gasteiger partial charge in [0.15, 0.2) is 0 Å². The first-order valence-corrected chi connectivity index (χ1v) is 8.27. The molecule has 0 bridgehead atoms. The van der Waals surface area contributed by atoms with Gasteiger partial charge in [-0.25, -0.2) is 0 Å². The van der Waals surface area contributed by atoms with Crippen molar-refractivity contribution < 1.29 is 0 Å². The Labute approximate surface area is 129 Å². The molecule has 1 aliphatic heterocycles. The van der Waals surface area contributed by atoms with Gasteiger partial charge in [-0.3, -0.25) is 0 Å². The lowest BCUT2D eigenvalue weighted by atomic mass is 10.0. The third-order valence-electron chi connectivity index (χ3n) is 4.22. The van der Waals surface area contributed by atoms with E-state index in [0.717, 1.165) is 17.6 Å². The Kier molecular flexibility index (Phi) is 4.28. The van der Waals surface area contributed by atoms with E-state index in [0.29, 0.717) is 17.6 Å². The molecule has 106 valence electrons. The number of hydrogen-bond donors (Lipinski definition) is 1. The van der Waals surface area contributed by atoms with Crippen molar-refractivity contribution in [1.82, 2.24) is 5.32 Å². The Morgan fingerprint density at radius 1 is 1.30 bits per heavy atom. The van der Waals surface area contributed by atoms with Crippen LogP contribution in [0.1, 0.15) is 37.7 Å². The van der Waals surface area contributed by atoms with Crippen molar-refractivity contribution in [3.63, 3.8) is 0 Å². The molecule has 4 heteroatoms. The molecule has 1 aromatic carbocycles. The Balaban J connectivity index is 1.76. The fraction of sp³-hybridized carbons (Fsp3) is 0.562. The van der Waals surface area contributed by atoms with Crippen molar-refractivity contribution in [3.05, 3.63) is 28.2 Å². The molecule has 1 saturated heterocycles. The highest BCUT2D eigenvalue weighted by molar-refractivity contribution is 9.10. The van der Waals surface area contributed by atoms with Crippen LogP contribution in [0.25, 0.3) is 0 Å². The highest BCUT2D eigenvalue weighted by Crippen LogP contribution is 2.34. The van der Waals surface area contributed by atoms with E-state index in [4.69, 9.17) is 5.26 Å². The molecular weight excluding hydrogens is 314 g/mol. The first kappa shape index (κ1) is 13.9. The first-order chi connectivity index (χ1) is 9.78. The van der Waals surface area contributed by atoms with Crippen molar-refractivity contribution >= 4 is 21.6 Å². The quantitative estimate of drug-likeness (QED) is 0.917. The number of rotatable bonds is 4. The molecule has 1 saturated carbocycles. The van der Waals surface area contributed by atoms with Gasteiger partial charge in [0.05, 0.1) is 5.56 Å². The minimum absolute atomic E-state index is 0.610. The third-order valence-corrected chi connectivity index (χ3v) is 4.88. The van der Waals surface area contributed by atoms with Crippen molar-refractivity contribution in [1.29, 1.82) is 5.26 Å². The van der Waals surface area contributed by atoms with Crippen LogP contribution < -0.4 is 10.2 Å². The molecular formula is C16H20BrN3. The van der Waals surface area contributed by atoms with Gasteiger partial charge in [-0.1, -0.05) is 6.42 Å². The van der Waals surface area contributed by atoms with Gasteiger partial charge in [-0.2, -0.15) is 5.26 Å². The second-order valence-corrected chi connectivity index (χ2v) is 6.66. The van der Waals surface area contributed by atoms with Gasteiger partial charge in [0.2, 0.25) is 0 Å². The minimum Gasteiger partial charge on any atom is -0.367 e. The van der Waals surface area contributed by atoms with Gasteiger partial charge in [-0.05, 0) is 66.4 Å². The average Bonchev–Trinajstić information content (AvgIpc) is 3.30. The molecule has 0 radical (unpaired) electrons. The Bertz CT molecular complexity index is 513. The van der Waals surface area contributed by atoms with Crippen LogP contribution in [0.2, 0.25) is 0 Å². The number of piperidine rings is 1. The summed E-state index contributed by atoms with van der Waals surface area (Å²) in [6.07, 6.45) is 6.52. The van der Waals surface area contributed by atoms with Crippen LogP contribution in [0.3, 0.4) is 0 Å². The maximum Gasteiger partial charge on any atom is 0.100 e. The normalized spacial score (nSPS) is 22.3. The van der Waals surface area contributed by atoms with Gasteiger partial charge in [0.1, 0.15) is 6.07 Å². The number of nitrogens with zero attached hydrogens (tertiary/aromatic N) is 2. The molecule has 1 N–H and O–H groups in total. The lowest BCUT2D eigenvalue weighted by molar-refractivity contribution is 0.398. The average molecular weight is 334 g/mol. The van der Waals surface area contributed by atoms with Gasteiger partial charge >= 0.3 is 0 Å². The molecule has 0 aromatic heterocycles. The summed E-state index contributed by atoms with van der Waals surface area (Å²) in [6, 6.07) is 9.62. The summed E-state index contributed by atoms with van der Waals surface area (Å²) in [7, 11) is 0. The second kappa shape index (κ2) is 6.15. The van der Waals surface area contributed by atoms with Crippen LogP contribution in [0.5, 0.6) is 0 Å². The monoisotopic (exact) mass is 333 g/mol. The van der Waals surface area contributed by atoms with E-state index in [1.54, 1.807) is 0 Å². The van der Waals surface area contributed by atoms with Crippen molar-refractivity contribution in [3.8, 4) is 6.07 Å². The molecule has 1 unspecified atom stereocenters. The number of hydrogen-bond acceptors (Lipinski definition) is 3. The van der Waals surface area contributed by atoms with Crippen LogP contribution in [0.15, 0.2) is 22.7 Å². The number of nitriles is 1. The van der Waals surface area contributed by atoms with Gasteiger partial charge in [-0.15, -0.1) is 0 Å². The van der Waals surface area contributed by atoms with Crippen LogP contribution in [0, 0.1) is 11.3 Å². The summed E-state index contributed by atoms with van der Waals surface area (Å²) in [4.78, 5) is 2.52. The standard InChI is InChI=1S/C16H20BrN3/c17-16-9-15(5-4-12(16)10-18)20(14-6-7-14)11-13-3-1-2-8-19-13/h4-5,9,13-14,19H,1-3,6-8,11H2. The number of nitrogens with one attached hydrogen (secondary N) is 1. The predicted molar refractivity (Wildman–Crippen MR) is 84.9 cm³/mol. The van der Waals surface area contributed by atoms with Crippen molar-refractivity contribution in [2.75, 3.05) is 18.0 Å². The maximum atomic E-state index is 9.03. The number of anilines is 1. The molecule has 2 aliphatic rings. The highest BCUT2D eigenvalue weighted by Gasteiger charge is 2.31. The summed E-state index contributed by atoms with van der Waals surface area (Å²) in [5.74, 6) is 0. The SMILES string of the molecule is N#Cc1ccc(N(CC2CCCCN2)C2CC2)cc1Br. The fourth-order valence-corrected chi connectivity index (χ4v) is 3.40. The predicted octanol–water partition coefficient (Wildman–Crippen LogP) is 3.43. The zero-order valence-electron chi connectivity index (χ0n) is 11.6. The van der Waals surface area contributed by atoms with Crippen LogP contribution in [-0.4, -0.2) is 25.2 Å². The van der Waals surface area contributed by atoms with E-state index >= 15 is 0 Å². The molecule has 1 aromatic rings. The molecule has 1 aliphatic carbocycles. The van der Waals surface area contributed by atoms with Crippen LogP contribution >= 0.6 is 15.9 Å². The topological polar surface area (TPSA) is 39.1 Å². The highest BCUT2D eigenvalue weighted by atomic mass is 79.9. The zero-order valence-corrected chi connectivity index (χ0v) is 13.2. The Morgan fingerprint density at radius 2 is 2.15 bits per heavy atom. The largest absolute Gasteiger partial charge is 0.367 e. The van der Waals surface area contributed by atoms with Crippen LogP contribution in [0.4, 0.5) is 5.69 Å². The van der Waals surface area contributed by atoms with Crippen molar-refractivity contribution in [2.45, 2.75) is 44.2 Å². The molecule has 1 heterocycles. The second-order valence-electron chi connectivity index (χ2n) is 5.81. The molecule has 20 heavy (non-hydrogen) atoms. The van der Waals surface area contributed by atoms with Gasteiger partial charge < -0.3 is 10.2 Å². The van der Waals surface area contributed by atoms with Gasteiger partial charge in [0.25, 0.3) is 0 Å². The summed E-state index contributed by atoms with van der Waals surface area (Å²) < 4.78 is 0.903. The lowest BCUT2D eigenvalue weighted by Gasteiger charge is -2.32. The number of halogens is 1. The van der Waals surface area contributed by atoms with E-state index in [9.17, 15) is 0 Å². The van der Waals surface area contributed by atoms with Crippen molar-refractivity contribution in [2.24, 2.45) is 0 Å². The van der Waals surface area contributed by atoms with E-state index in [2.05, 4.69) is 44.3 Å². The van der Waals surface area contributed by atoms with E-state index in [1.807, 2.05) is 6.07 Å². The third kappa shape index (κ3) is 3.16.